The van der Waals surface area contributed by atoms with E-state index >= 15 is 0 Å². The second-order valence-electron chi connectivity index (χ2n) is 4.78. The zero-order chi connectivity index (χ0) is 14.1. The topological polar surface area (TPSA) is 49.0 Å². The molecule has 1 aliphatic heterocycles. The molecule has 1 atom stereocenters. The van der Waals surface area contributed by atoms with E-state index in [2.05, 4.69) is 9.97 Å². The van der Waals surface area contributed by atoms with Crippen molar-refractivity contribution in [2.24, 2.45) is 0 Å². The molecule has 3 rings (SSSR count). The second kappa shape index (κ2) is 5.46. The van der Waals surface area contributed by atoms with Crippen LogP contribution in [-0.4, -0.2) is 27.3 Å². The molecule has 104 valence electrons. The number of aromatic amines is 1. The van der Waals surface area contributed by atoms with E-state index in [4.69, 9.17) is 23.2 Å². The number of rotatable bonds is 2. The van der Waals surface area contributed by atoms with Crippen LogP contribution < -0.4 is 0 Å². The number of halogens is 2. The lowest BCUT2D eigenvalue weighted by molar-refractivity contribution is 0.0733. The minimum atomic E-state index is -0.0619. The largest absolute Gasteiger partial charge is 0.363 e. The number of carbonyl (C=O) groups excluding carboxylic acids is 1. The van der Waals surface area contributed by atoms with Crippen molar-refractivity contribution < 1.29 is 4.79 Å². The lowest BCUT2D eigenvalue weighted by Gasteiger charge is -2.24. The molecule has 6 heteroatoms. The lowest BCUT2D eigenvalue weighted by atomic mass is 10.1. The molecule has 1 fully saturated rings. The van der Waals surface area contributed by atoms with Gasteiger partial charge in [-0.15, -0.1) is 0 Å². The smallest absolute Gasteiger partial charge is 0.256 e. The maximum Gasteiger partial charge on any atom is 0.256 e. The number of amides is 1. The van der Waals surface area contributed by atoms with E-state index in [1.165, 1.54) is 6.20 Å². The number of aromatic nitrogens is 2. The van der Waals surface area contributed by atoms with Gasteiger partial charge in [-0.2, -0.15) is 0 Å². The molecule has 0 bridgehead atoms. The summed E-state index contributed by atoms with van der Waals surface area (Å²) < 4.78 is 0. The van der Waals surface area contributed by atoms with Crippen LogP contribution in [0.2, 0.25) is 10.2 Å². The van der Waals surface area contributed by atoms with Gasteiger partial charge in [0, 0.05) is 24.6 Å². The van der Waals surface area contributed by atoms with Gasteiger partial charge in [-0.3, -0.25) is 4.79 Å². The summed E-state index contributed by atoms with van der Waals surface area (Å²) in [4.78, 5) is 21.6. The molecular formula is C14H13Cl2N3O. The van der Waals surface area contributed by atoms with E-state index in [0.717, 1.165) is 25.1 Å². The van der Waals surface area contributed by atoms with Crippen LogP contribution in [0, 0.1) is 0 Å². The second-order valence-corrected chi connectivity index (χ2v) is 5.54. The van der Waals surface area contributed by atoms with Gasteiger partial charge in [-0.05, 0) is 31.0 Å². The first-order valence-electron chi connectivity index (χ1n) is 6.42. The van der Waals surface area contributed by atoms with Gasteiger partial charge in [0.15, 0.2) is 0 Å². The summed E-state index contributed by atoms with van der Waals surface area (Å²) in [7, 11) is 0. The van der Waals surface area contributed by atoms with Gasteiger partial charge >= 0.3 is 0 Å². The maximum absolute atomic E-state index is 12.6. The monoisotopic (exact) mass is 309 g/mol. The normalized spacial score (nSPS) is 18.5. The third kappa shape index (κ3) is 2.41. The molecule has 2 aromatic rings. The molecule has 0 saturated carbocycles. The summed E-state index contributed by atoms with van der Waals surface area (Å²) in [6.07, 6.45) is 5.29. The summed E-state index contributed by atoms with van der Waals surface area (Å²) in [5.74, 6) is -0.0619. The highest BCUT2D eigenvalue weighted by Crippen LogP contribution is 2.32. The van der Waals surface area contributed by atoms with Crippen molar-refractivity contribution in [3.05, 3.63) is 52.0 Å². The van der Waals surface area contributed by atoms with Gasteiger partial charge in [0.1, 0.15) is 5.15 Å². The molecule has 0 aromatic carbocycles. The first-order chi connectivity index (χ1) is 9.66. The van der Waals surface area contributed by atoms with E-state index in [9.17, 15) is 4.79 Å². The number of likely N-dealkylation sites (tertiary alicyclic amines) is 1. The molecule has 0 radical (unpaired) electrons. The Labute approximate surface area is 126 Å². The lowest BCUT2D eigenvalue weighted by Crippen LogP contribution is -2.30. The van der Waals surface area contributed by atoms with Crippen molar-refractivity contribution in [3.8, 4) is 0 Å². The van der Waals surface area contributed by atoms with E-state index < -0.39 is 0 Å². The summed E-state index contributed by atoms with van der Waals surface area (Å²) >= 11 is 11.7. The first kappa shape index (κ1) is 13.5. The summed E-state index contributed by atoms with van der Waals surface area (Å²) in [6, 6.07) is 5.61. The average molecular weight is 310 g/mol. The Morgan fingerprint density at radius 2 is 2.30 bits per heavy atom. The van der Waals surface area contributed by atoms with Gasteiger partial charge in [-0.1, -0.05) is 23.2 Å². The van der Waals surface area contributed by atoms with Crippen molar-refractivity contribution in [2.45, 2.75) is 18.9 Å². The van der Waals surface area contributed by atoms with Crippen LogP contribution >= 0.6 is 23.2 Å². The number of carbonyl (C=O) groups is 1. The minimum Gasteiger partial charge on any atom is -0.363 e. The van der Waals surface area contributed by atoms with Crippen LogP contribution in [0.3, 0.4) is 0 Å². The number of hydrogen-bond acceptors (Lipinski definition) is 2. The van der Waals surface area contributed by atoms with Crippen molar-refractivity contribution in [1.82, 2.24) is 14.9 Å². The third-order valence-corrected chi connectivity index (χ3v) is 4.22. The maximum atomic E-state index is 12.6. The van der Waals surface area contributed by atoms with Crippen molar-refractivity contribution >= 4 is 29.1 Å². The summed E-state index contributed by atoms with van der Waals surface area (Å²) in [5, 5.41) is 0.513. The number of H-pyrrole nitrogens is 1. The molecule has 2 aromatic heterocycles. The van der Waals surface area contributed by atoms with Crippen LogP contribution in [0.25, 0.3) is 0 Å². The summed E-state index contributed by atoms with van der Waals surface area (Å²) in [6.45, 7) is 0.739. The average Bonchev–Trinajstić information content (AvgIpc) is 3.10. The Morgan fingerprint density at radius 1 is 1.45 bits per heavy atom. The number of pyridine rings is 1. The quantitative estimate of drug-likeness (QED) is 0.860. The van der Waals surface area contributed by atoms with Gasteiger partial charge in [0.2, 0.25) is 0 Å². The zero-order valence-electron chi connectivity index (χ0n) is 10.6. The molecule has 0 aliphatic carbocycles. The van der Waals surface area contributed by atoms with E-state index in [1.807, 2.05) is 23.2 Å². The predicted octanol–water partition coefficient (Wildman–Crippen LogP) is 3.69. The number of nitrogens with zero attached hydrogens (tertiary/aromatic N) is 2. The Kier molecular flexibility index (Phi) is 3.68. The van der Waals surface area contributed by atoms with Gasteiger partial charge in [0.25, 0.3) is 5.91 Å². The highest BCUT2D eigenvalue weighted by molar-refractivity contribution is 6.41. The van der Waals surface area contributed by atoms with Crippen molar-refractivity contribution in [3.63, 3.8) is 0 Å². The Morgan fingerprint density at radius 3 is 3.00 bits per heavy atom. The van der Waals surface area contributed by atoms with Gasteiger partial charge in [0.05, 0.1) is 16.6 Å². The van der Waals surface area contributed by atoms with Crippen LogP contribution in [-0.2, 0) is 0 Å². The first-order valence-corrected chi connectivity index (χ1v) is 7.17. The predicted molar refractivity (Wildman–Crippen MR) is 78.1 cm³/mol. The van der Waals surface area contributed by atoms with Crippen LogP contribution in [0.4, 0.5) is 0 Å². The molecule has 3 heterocycles. The van der Waals surface area contributed by atoms with Crippen LogP contribution in [0.1, 0.15) is 34.9 Å². The number of nitrogens with one attached hydrogen (secondary N) is 1. The molecule has 1 unspecified atom stereocenters. The molecule has 4 nitrogen and oxygen atoms in total. The molecule has 1 amide bonds. The van der Waals surface area contributed by atoms with E-state index in [1.54, 1.807) is 6.07 Å². The molecule has 1 aliphatic rings. The van der Waals surface area contributed by atoms with Crippen molar-refractivity contribution in [1.29, 1.82) is 0 Å². The van der Waals surface area contributed by atoms with Gasteiger partial charge < -0.3 is 9.88 Å². The van der Waals surface area contributed by atoms with E-state index in [0.29, 0.717) is 10.6 Å². The standard InChI is InChI=1S/C14H13Cl2N3O/c15-10-7-9(8-18-13(10)16)14(20)19-6-2-4-12(19)11-3-1-5-17-11/h1,3,5,7-8,12,17H,2,4,6H2. The zero-order valence-corrected chi connectivity index (χ0v) is 12.2. The third-order valence-electron chi connectivity index (χ3n) is 3.54. The molecule has 20 heavy (non-hydrogen) atoms. The minimum absolute atomic E-state index is 0.0619. The highest BCUT2D eigenvalue weighted by atomic mass is 35.5. The molecule has 1 N–H and O–H groups in total. The fourth-order valence-electron chi connectivity index (χ4n) is 2.59. The molecular weight excluding hydrogens is 297 g/mol. The van der Waals surface area contributed by atoms with Crippen LogP contribution in [0.15, 0.2) is 30.6 Å². The van der Waals surface area contributed by atoms with Crippen molar-refractivity contribution in [2.75, 3.05) is 6.54 Å². The SMILES string of the molecule is O=C(c1cnc(Cl)c(Cl)c1)N1CCCC1c1ccc[nH]1. The van der Waals surface area contributed by atoms with Gasteiger partial charge in [-0.25, -0.2) is 4.98 Å². The Balaban J connectivity index is 1.87. The highest BCUT2D eigenvalue weighted by Gasteiger charge is 2.31. The number of hydrogen-bond donors (Lipinski definition) is 1. The van der Waals surface area contributed by atoms with E-state index in [-0.39, 0.29) is 17.1 Å². The summed E-state index contributed by atoms with van der Waals surface area (Å²) in [5.41, 5.74) is 1.53. The fraction of sp³-hybridized carbons (Fsp3) is 0.286. The Bertz CT molecular complexity index is 627. The Hall–Kier alpha value is -1.52. The fourth-order valence-corrected chi connectivity index (χ4v) is 2.86. The van der Waals surface area contributed by atoms with Crippen LogP contribution in [0.5, 0.6) is 0 Å². The molecule has 1 saturated heterocycles. The molecule has 0 spiro atoms.